The first-order chi connectivity index (χ1) is 15.3. The number of hydrogen-bond donors (Lipinski definition) is 1. The molecule has 3 heterocycles. The molecule has 0 bridgehead atoms. The van der Waals surface area contributed by atoms with Crippen molar-refractivity contribution in [1.29, 1.82) is 0 Å². The number of rotatable bonds is 6. The Hall–Kier alpha value is -3.67. The van der Waals surface area contributed by atoms with Gasteiger partial charge in [-0.1, -0.05) is 42.5 Å². The molecular weight excluding hydrogens is 386 g/mol. The van der Waals surface area contributed by atoms with Crippen LogP contribution in [-0.4, -0.2) is 33.5 Å². The first-order valence-corrected chi connectivity index (χ1v) is 10.7. The van der Waals surface area contributed by atoms with E-state index in [-0.39, 0.29) is 5.91 Å². The van der Waals surface area contributed by atoms with Gasteiger partial charge in [0.1, 0.15) is 5.82 Å². The Morgan fingerprint density at radius 3 is 2.68 bits per heavy atom. The minimum Gasteiger partial charge on any atom is -0.356 e. The maximum absolute atomic E-state index is 13.2. The van der Waals surface area contributed by atoms with Crippen LogP contribution in [0.1, 0.15) is 34.3 Å². The van der Waals surface area contributed by atoms with Crippen LogP contribution < -0.4 is 10.2 Å². The van der Waals surface area contributed by atoms with Gasteiger partial charge in [0, 0.05) is 44.0 Å². The molecule has 0 saturated carbocycles. The molecule has 0 unspecified atom stereocenters. The number of nitrogens with one attached hydrogen (secondary N) is 1. The van der Waals surface area contributed by atoms with Crippen LogP contribution >= 0.6 is 0 Å². The molecular formula is C25H25N5O. The van der Waals surface area contributed by atoms with Crippen molar-refractivity contribution in [3.05, 3.63) is 90.0 Å². The van der Waals surface area contributed by atoms with E-state index < -0.39 is 0 Å². The zero-order valence-corrected chi connectivity index (χ0v) is 17.4. The van der Waals surface area contributed by atoms with Gasteiger partial charge in [-0.2, -0.15) is 0 Å². The lowest BCUT2D eigenvalue weighted by Crippen LogP contribution is -2.28. The summed E-state index contributed by atoms with van der Waals surface area (Å²) in [5.41, 5.74) is 3.82. The number of nitrogens with zero attached hydrogens (tertiary/aromatic N) is 4. The standard InChI is InChI=1S/C25H25N5O/c31-25(27-16-19-6-5-7-20(14-19)17-29-13-10-26-18-29)22-15-21-8-1-2-9-23(21)28-24(22)30-11-3-4-12-30/h1-2,5-10,13-15,18H,3-4,11-12,16-17H2,(H,27,31). The molecule has 0 aliphatic carbocycles. The molecule has 156 valence electrons. The summed E-state index contributed by atoms with van der Waals surface area (Å²) in [6.07, 6.45) is 7.81. The van der Waals surface area contributed by atoms with Gasteiger partial charge in [-0.05, 0) is 36.1 Å². The van der Waals surface area contributed by atoms with Gasteiger partial charge in [0.25, 0.3) is 5.91 Å². The molecule has 0 radical (unpaired) electrons. The Labute approximate surface area is 181 Å². The Balaban J connectivity index is 1.36. The van der Waals surface area contributed by atoms with Gasteiger partial charge >= 0.3 is 0 Å². The van der Waals surface area contributed by atoms with E-state index in [2.05, 4.69) is 27.3 Å². The van der Waals surface area contributed by atoms with Crippen molar-refractivity contribution in [3.8, 4) is 0 Å². The van der Waals surface area contributed by atoms with Crippen LogP contribution in [0.4, 0.5) is 5.82 Å². The van der Waals surface area contributed by atoms with Crippen LogP contribution in [0.5, 0.6) is 0 Å². The van der Waals surface area contributed by atoms with E-state index in [0.29, 0.717) is 12.1 Å². The van der Waals surface area contributed by atoms with Crippen molar-refractivity contribution in [2.45, 2.75) is 25.9 Å². The van der Waals surface area contributed by atoms with Crippen molar-refractivity contribution in [2.24, 2.45) is 0 Å². The van der Waals surface area contributed by atoms with Crippen LogP contribution in [0, 0.1) is 0 Å². The molecule has 1 N–H and O–H groups in total. The predicted molar refractivity (Wildman–Crippen MR) is 122 cm³/mol. The zero-order chi connectivity index (χ0) is 21.0. The molecule has 2 aromatic carbocycles. The second kappa shape index (κ2) is 8.60. The van der Waals surface area contributed by atoms with Crippen molar-refractivity contribution in [2.75, 3.05) is 18.0 Å². The number of aromatic nitrogens is 3. The molecule has 1 amide bonds. The molecule has 6 heteroatoms. The normalized spacial score (nSPS) is 13.6. The molecule has 5 rings (SSSR count). The highest BCUT2D eigenvalue weighted by Crippen LogP contribution is 2.26. The average Bonchev–Trinajstić information content (AvgIpc) is 3.51. The second-order valence-electron chi connectivity index (χ2n) is 7.98. The molecule has 1 saturated heterocycles. The smallest absolute Gasteiger partial charge is 0.255 e. The minimum atomic E-state index is -0.0832. The number of fused-ring (bicyclic) bond motifs is 1. The Morgan fingerprint density at radius 1 is 1.00 bits per heavy atom. The summed E-state index contributed by atoms with van der Waals surface area (Å²) in [6, 6.07) is 18.2. The lowest BCUT2D eigenvalue weighted by atomic mass is 10.1. The maximum atomic E-state index is 13.2. The fourth-order valence-corrected chi connectivity index (χ4v) is 4.15. The Bertz CT molecular complexity index is 1200. The summed E-state index contributed by atoms with van der Waals surface area (Å²) >= 11 is 0. The highest BCUT2D eigenvalue weighted by Gasteiger charge is 2.22. The van der Waals surface area contributed by atoms with Gasteiger partial charge in [0.05, 0.1) is 17.4 Å². The molecule has 0 atom stereocenters. The highest BCUT2D eigenvalue weighted by molar-refractivity contribution is 6.02. The van der Waals surface area contributed by atoms with E-state index >= 15 is 0 Å². The number of imidazole rings is 1. The number of anilines is 1. The lowest BCUT2D eigenvalue weighted by molar-refractivity contribution is 0.0951. The molecule has 1 fully saturated rings. The number of benzene rings is 2. The van der Waals surface area contributed by atoms with E-state index in [0.717, 1.165) is 54.8 Å². The molecule has 1 aliphatic rings. The summed E-state index contributed by atoms with van der Waals surface area (Å²) in [5.74, 6) is 0.711. The summed E-state index contributed by atoms with van der Waals surface area (Å²) < 4.78 is 2.03. The summed E-state index contributed by atoms with van der Waals surface area (Å²) in [7, 11) is 0. The van der Waals surface area contributed by atoms with Gasteiger partial charge < -0.3 is 14.8 Å². The first kappa shape index (κ1) is 19.3. The highest BCUT2D eigenvalue weighted by atomic mass is 16.1. The van der Waals surface area contributed by atoms with Gasteiger partial charge in [-0.25, -0.2) is 9.97 Å². The van der Waals surface area contributed by atoms with Crippen LogP contribution in [0.15, 0.2) is 73.3 Å². The maximum Gasteiger partial charge on any atom is 0.255 e. The monoisotopic (exact) mass is 411 g/mol. The second-order valence-corrected chi connectivity index (χ2v) is 7.98. The predicted octanol–water partition coefficient (Wildman–Crippen LogP) is 4.01. The topological polar surface area (TPSA) is 63.1 Å². The lowest BCUT2D eigenvalue weighted by Gasteiger charge is -2.20. The van der Waals surface area contributed by atoms with Crippen molar-refractivity contribution in [1.82, 2.24) is 19.9 Å². The fraction of sp³-hybridized carbons (Fsp3) is 0.240. The quantitative estimate of drug-likeness (QED) is 0.521. The summed E-state index contributed by atoms with van der Waals surface area (Å²) in [6.45, 7) is 3.13. The number of pyridine rings is 1. The zero-order valence-electron chi connectivity index (χ0n) is 17.4. The van der Waals surface area contributed by atoms with Crippen LogP contribution in [0.3, 0.4) is 0 Å². The minimum absolute atomic E-state index is 0.0832. The van der Waals surface area contributed by atoms with Gasteiger partial charge in [-0.15, -0.1) is 0 Å². The Kier molecular flexibility index (Phi) is 5.35. The number of carbonyl (C=O) groups is 1. The van der Waals surface area contributed by atoms with Gasteiger partial charge in [-0.3, -0.25) is 4.79 Å². The van der Waals surface area contributed by atoms with Crippen molar-refractivity contribution >= 4 is 22.6 Å². The average molecular weight is 412 g/mol. The van der Waals surface area contributed by atoms with E-state index in [1.807, 2.05) is 53.2 Å². The number of carbonyl (C=O) groups excluding carboxylic acids is 1. The third-order valence-electron chi connectivity index (χ3n) is 5.72. The van der Waals surface area contributed by atoms with E-state index in [1.54, 1.807) is 12.5 Å². The molecule has 0 spiro atoms. The number of amides is 1. The molecule has 6 nitrogen and oxygen atoms in total. The van der Waals surface area contributed by atoms with Crippen molar-refractivity contribution in [3.63, 3.8) is 0 Å². The number of para-hydroxylation sites is 1. The molecule has 2 aromatic heterocycles. The van der Waals surface area contributed by atoms with Crippen LogP contribution in [0.2, 0.25) is 0 Å². The SMILES string of the molecule is O=C(NCc1cccc(Cn2ccnc2)c1)c1cc2ccccc2nc1N1CCCC1. The van der Waals surface area contributed by atoms with E-state index in [9.17, 15) is 4.79 Å². The first-order valence-electron chi connectivity index (χ1n) is 10.7. The third-order valence-corrected chi connectivity index (χ3v) is 5.72. The molecule has 4 aromatic rings. The largest absolute Gasteiger partial charge is 0.356 e. The van der Waals surface area contributed by atoms with Gasteiger partial charge in [0.2, 0.25) is 0 Å². The number of hydrogen-bond acceptors (Lipinski definition) is 4. The molecule has 1 aliphatic heterocycles. The third kappa shape index (κ3) is 4.28. The fourth-order valence-electron chi connectivity index (χ4n) is 4.15. The van der Waals surface area contributed by atoms with Gasteiger partial charge in [0.15, 0.2) is 0 Å². The van der Waals surface area contributed by atoms with Crippen LogP contribution in [-0.2, 0) is 13.1 Å². The van der Waals surface area contributed by atoms with E-state index in [4.69, 9.17) is 4.98 Å². The molecule has 31 heavy (non-hydrogen) atoms. The van der Waals surface area contributed by atoms with Crippen molar-refractivity contribution < 1.29 is 4.79 Å². The summed E-state index contributed by atoms with van der Waals surface area (Å²) in [5, 5.41) is 4.09. The van der Waals surface area contributed by atoms with E-state index in [1.165, 1.54) is 5.56 Å². The Morgan fingerprint density at radius 2 is 1.84 bits per heavy atom. The van der Waals surface area contributed by atoms with Crippen LogP contribution in [0.25, 0.3) is 10.9 Å². The summed E-state index contributed by atoms with van der Waals surface area (Å²) in [4.78, 5) is 24.4.